The lowest BCUT2D eigenvalue weighted by Crippen LogP contribution is -1.85. The average molecular weight is 551 g/mol. The van der Waals surface area contributed by atoms with Gasteiger partial charge in [-0.05, 0) is 24.0 Å². The van der Waals surface area contributed by atoms with Crippen molar-refractivity contribution in [3.8, 4) is 0 Å². The average Bonchev–Trinajstić information content (AvgIpc) is 3.74. The van der Waals surface area contributed by atoms with E-state index in [0.717, 1.165) is 12.8 Å². The fourth-order valence-corrected chi connectivity index (χ4v) is 6.67. The summed E-state index contributed by atoms with van der Waals surface area (Å²) in [4.78, 5) is 0. The van der Waals surface area contributed by atoms with Crippen molar-refractivity contribution in [2.75, 3.05) is 0 Å². The molecular weight excluding hydrogens is 480 g/mol. The fraction of sp³-hybridized carbons (Fsp3) is 0.800. The molecule has 3 fully saturated rings. The van der Waals surface area contributed by atoms with Gasteiger partial charge in [-0.2, -0.15) is 0 Å². The summed E-state index contributed by atoms with van der Waals surface area (Å²) in [6, 6.07) is 0. The maximum atomic E-state index is 2.21. The van der Waals surface area contributed by atoms with Gasteiger partial charge in [0.25, 0.3) is 0 Å². The molecule has 0 unspecified atom stereocenters. The summed E-state index contributed by atoms with van der Waals surface area (Å²) >= 11 is 0. The topological polar surface area (TPSA) is 0 Å². The molecule has 0 saturated heterocycles. The molecule has 40 heavy (non-hydrogen) atoms. The van der Waals surface area contributed by atoms with Gasteiger partial charge in [0.1, 0.15) is 0 Å². The lowest BCUT2D eigenvalue weighted by molar-refractivity contribution is 0.504. The standard InChI is InChI=1S/C10H10.3C10H20/c1-2-6-9(5-1)10-7-3-4-8-10;3*1-2-4-6-8-10-9-7-5-3-1/h1-5,7H,6,8H2;3*1-10H2. The molecule has 0 N–H and O–H groups in total. The molecule has 0 heteroatoms. The largest absolute Gasteiger partial charge is 0.0801 e. The fourth-order valence-electron chi connectivity index (χ4n) is 6.67. The van der Waals surface area contributed by atoms with E-state index in [1.54, 1.807) is 0 Å². The molecular formula is C40H70. The number of hydrogen-bond acceptors (Lipinski definition) is 0. The summed E-state index contributed by atoms with van der Waals surface area (Å²) < 4.78 is 0. The van der Waals surface area contributed by atoms with E-state index in [1.807, 2.05) is 0 Å². The van der Waals surface area contributed by atoms with E-state index >= 15 is 0 Å². The monoisotopic (exact) mass is 551 g/mol. The van der Waals surface area contributed by atoms with Gasteiger partial charge in [-0.15, -0.1) is 0 Å². The van der Waals surface area contributed by atoms with Crippen molar-refractivity contribution < 1.29 is 0 Å². The molecule has 5 aliphatic carbocycles. The molecule has 0 atom stereocenters. The molecule has 5 rings (SSSR count). The summed E-state index contributed by atoms with van der Waals surface area (Å²) in [5.41, 5.74) is 2.98. The van der Waals surface area contributed by atoms with Crippen LogP contribution < -0.4 is 0 Å². The van der Waals surface area contributed by atoms with E-state index < -0.39 is 0 Å². The first-order valence-corrected chi connectivity index (χ1v) is 18.7. The first-order chi connectivity index (χ1) is 20.0. The molecule has 0 amide bonds. The smallest absolute Gasteiger partial charge is 0.00915 e. The van der Waals surface area contributed by atoms with E-state index in [1.165, 1.54) is 204 Å². The molecule has 0 spiro atoms. The van der Waals surface area contributed by atoms with Crippen LogP contribution in [0.25, 0.3) is 0 Å². The second kappa shape index (κ2) is 28.1. The summed E-state index contributed by atoms with van der Waals surface area (Å²) in [6.07, 6.45) is 60.4. The highest BCUT2D eigenvalue weighted by atomic mass is 14.1. The van der Waals surface area contributed by atoms with Crippen LogP contribution >= 0.6 is 0 Å². The zero-order chi connectivity index (χ0) is 28.0. The third-order valence-corrected chi connectivity index (χ3v) is 9.45. The van der Waals surface area contributed by atoms with Crippen LogP contribution in [0.3, 0.4) is 0 Å². The Hall–Kier alpha value is -1.04. The van der Waals surface area contributed by atoms with E-state index in [4.69, 9.17) is 0 Å². The molecule has 5 aliphatic rings. The molecule has 230 valence electrons. The third-order valence-electron chi connectivity index (χ3n) is 9.45. The lowest BCUT2D eigenvalue weighted by Gasteiger charge is -2.05. The van der Waals surface area contributed by atoms with Crippen molar-refractivity contribution in [1.82, 2.24) is 0 Å². The van der Waals surface area contributed by atoms with E-state index in [9.17, 15) is 0 Å². The Labute approximate surface area is 252 Å². The van der Waals surface area contributed by atoms with Gasteiger partial charge in [0.2, 0.25) is 0 Å². The maximum Gasteiger partial charge on any atom is -0.00915 e. The Morgan fingerprint density at radius 2 is 0.375 bits per heavy atom. The summed E-state index contributed by atoms with van der Waals surface area (Å²) in [7, 11) is 0. The quantitative estimate of drug-likeness (QED) is 0.304. The van der Waals surface area contributed by atoms with Crippen LogP contribution in [0.15, 0.2) is 47.6 Å². The Kier molecular flexibility index (Phi) is 24.7. The number of allylic oxidation sites excluding steroid dienone is 8. The van der Waals surface area contributed by atoms with Gasteiger partial charge < -0.3 is 0 Å². The first kappa shape index (κ1) is 35.2. The Morgan fingerprint density at radius 1 is 0.225 bits per heavy atom. The van der Waals surface area contributed by atoms with Crippen molar-refractivity contribution in [3.05, 3.63) is 47.6 Å². The molecule has 0 aromatic heterocycles. The minimum Gasteiger partial charge on any atom is -0.0801 e. The lowest BCUT2D eigenvalue weighted by atomic mass is 10.0. The van der Waals surface area contributed by atoms with Crippen LogP contribution in [0, 0.1) is 0 Å². The van der Waals surface area contributed by atoms with Gasteiger partial charge in [-0.25, -0.2) is 0 Å². The van der Waals surface area contributed by atoms with Gasteiger partial charge in [0.15, 0.2) is 0 Å². The van der Waals surface area contributed by atoms with E-state index in [-0.39, 0.29) is 0 Å². The van der Waals surface area contributed by atoms with E-state index in [2.05, 4.69) is 36.5 Å². The van der Waals surface area contributed by atoms with Gasteiger partial charge >= 0.3 is 0 Å². The Bertz CT molecular complexity index is 484. The SMILES string of the molecule is C1=CCC(C2=CC=CC2)=C1.C1CCCCCCCCC1.C1CCCCCCCCC1.C1CCCCCCCCC1. The highest BCUT2D eigenvalue weighted by Crippen LogP contribution is 2.25. The van der Waals surface area contributed by atoms with Gasteiger partial charge in [0.05, 0.1) is 0 Å². The van der Waals surface area contributed by atoms with Crippen molar-refractivity contribution in [2.24, 2.45) is 0 Å². The molecule has 0 radical (unpaired) electrons. The van der Waals surface area contributed by atoms with Crippen LogP contribution in [0.4, 0.5) is 0 Å². The third kappa shape index (κ3) is 21.7. The second-order valence-corrected chi connectivity index (χ2v) is 13.3. The first-order valence-electron chi connectivity index (χ1n) is 18.7. The van der Waals surface area contributed by atoms with Crippen molar-refractivity contribution in [3.63, 3.8) is 0 Å². The van der Waals surface area contributed by atoms with Crippen molar-refractivity contribution in [1.29, 1.82) is 0 Å². The highest BCUT2D eigenvalue weighted by Gasteiger charge is 2.06. The van der Waals surface area contributed by atoms with Crippen LogP contribution in [-0.2, 0) is 0 Å². The maximum absolute atomic E-state index is 2.21. The number of rotatable bonds is 1. The predicted octanol–water partition coefficient (Wildman–Crippen LogP) is 14.5. The van der Waals surface area contributed by atoms with Gasteiger partial charge in [0, 0.05) is 0 Å². The molecule has 0 nitrogen and oxygen atoms in total. The molecule has 0 bridgehead atoms. The highest BCUT2D eigenvalue weighted by molar-refractivity contribution is 5.44. The number of hydrogen-bond donors (Lipinski definition) is 0. The van der Waals surface area contributed by atoms with E-state index in [0.29, 0.717) is 0 Å². The second-order valence-electron chi connectivity index (χ2n) is 13.3. The van der Waals surface area contributed by atoms with Crippen LogP contribution in [0.5, 0.6) is 0 Å². The van der Waals surface area contributed by atoms with Gasteiger partial charge in [-0.1, -0.05) is 229 Å². The normalized spacial score (nSPS) is 23.4. The predicted molar refractivity (Wildman–Crippen MR) is 182 cm³/mol. The molecule has 3 saturated carbocycles. The Balaban J connectivity index is 0.000000187. The zero-order valence-corrected chi connectivity index (χ0v) is 27.1. The molecule has 0 aliphatic heterocycles. The van der Waals surface area contributed by atoms with Crippen LogP contribution in [0.2, 0.25) is 0 Å². The Morgan fingerprint density at radius 3 is 0.475 bits per heavy atom. The summed E-state index contributed by atoms with van der Waals surface area (Å²) in [6.45, 7) is 0. The summed E-state index contributed by atoms with van der Waals surface area (Å²) in [5.74, 6) is 0. The van der Waals surface area contributed by atoms with Crippen LogP contribution in [-0.4, -0.2) is 0 Å². The van der Waals surface area contributed by atoms with Gasteiger partial charge in [-0.3, -0.25) is 0 Å². The van der Waals surface area contributed by atoms with Crippen LogP contribution in [0.1, 0.15) is 205 Å². The molecule has 0 heterocycles. The molecule has 0 aromatic carbocycles. The van der Waals surface area contributed by atoms with Crippen molar-refractivity contribution >= 4 is 0 Å². The minimum absolute atomic E-state index is 1.13. The minimum atomic E-state index is 1.13. The zero-order valence-electron chi connectivity index (χ0n) is 27.1. The molecule has 0 aromatic rings. The summed E-state index contributed by atoms with van der Waals surface area (Å²) in [5, 5.41) is 0. The van der Waals surface area contributed by atoms with Crippen molar-refractivity contribution in [2.45, 2.75) is 205 Å².